The molecule has 0 aliphatic carbocycles. The molecule has 0 rings (SSSR count). The summed E-state index contributed by atoms with van der Waals surface area (Å²) in [5.41, 5.74) is -0.500. The highest BCUT2D eigenvalue weighted by Crippen LogP contribution is 2.06. The number of amides is 1. The summed E-state index contributed by atoms with van der Waals surface area (Å²) in [5, 5.41) is 5.63. The molecule has 20 heavy (non-hydrogen) atoms. The van der Waals surface area contributed by atoms with Crippen molar-refractivity contribution in [2.45, 2.75) is 45.8 Å². The fourth-order valence-electron chi connectivity index (χ4n) is 1.35. The normalized spacial score (nSPS) is 12.4. The first-order valence-corrected chi connectivity index (χ1v) is 6.79. The molecule has 1 amide bonds. The number of hydrogen-bond donors (Lipinski definition) is 2. The Kier molecular flexibility index (Phi) is 8.63. The van der Waals surface area contributed by atoms with Crippen molar-refractivity contribution in [2.75, 3.05) is 19.7 Å². The van der Waals surface area contributed by atoms with E-state index in [0.717, 1.165) is 0 Å². The zero-order valence-electron chi connectivity index (χ0n) is 12.8. The highest BCUT2D eigenvalue weighted by Gasteiger charge is 2.16. The lowest BCUT2D eigenvalue weighted by atomic mass is 10.2. The van der Waals surface area contributed by atoms with Gasteiger partial charge < -0.3 is 20.1 Å². The molecule has 2 N–H and O–H groups in total. The van der Waals surface area contributed by atoms with Crippen LogP contribution in [0.15, 0.2) is 12.7 Å². The molecule has 0 saturated heterocycles. The van der Waals surface area contributed by atoms with E-state index in [1.54, 1.807) is 6.92 Å². The molecule has 1 unspecified atom stereocenters. The summed E-state index contributed by atoms with van der Waals surface area (Å²) in [6, 6.07) is -0.517. The molecule has 6 heteroatoms. The number of esters is 1. The van der Waals surface area contributed by atoms with Crippen molar-refractivity contribution in [3.05, 3.63) is 12.7 Å². The molecule has 0 fully saturated rings. The fourth-order valence-corrected chi connectivity index (χ4v) is 1.35. The number of nitrogens with one attached hydrogen (secondary N) is 2. The fraction of sp³-hybridized carbons (Fsp3) is 0.714. The van der Waals surface area contributed by atoms with Crippen LogP contribution >= 0.6 is 0 Å². The van der Waals surface area contributed by atoms with Crippen molar-refractivity contribution in [3.8, 4) is 0 Å². The van der Waals surface area contributed by atoms with Gasteiger partial charge in [-0.3, -0.25) is 4.79 Å². The van der Waals surface area contributed by atoms with E-state index in [2.05, 4.69) is 17.2 Å². The Morgan fingerprint density at radius 2 is 1.95 bits per heavy atom. The summed E-state index contributed by atoms with van der Waals surface area (Å²) >= 11 is 0. The predicted molar refractivity (Wildman–Crippen MR) is 77.5 cm³/mol. The lowest BCUT2D eigenvalue weighted by Gasteiger charge is -2.19. The third-order valence-corrected chi connectivity index (χ3v) is 2.16. The van der Waals surface area contributed by atoms with Crippen LogP contribution in [-0.2, 0) is 14.3 Å². The standard InChI is InChI=1S/C14H26N2O4/c1-6-11(12(17)19-7-2)15-9-8-10-16-13(18)20-14(3,4)5/h6,11,15H,1,7-10H2,2-5H3,(H,16,18). The van der Waals surface area contributed by atoms with Crippen LogP contribution in [0.1, 0.15) is 34.1 Å². The number of carbonyl (C=O) groups excluding carboxylic acids is 2. The minimum Gasteiger partial charge on any atom is -0.465 e. The molecule has 6 nitrogen and oxygen atoms in total. The van der Waals surface area contributed by atoms with Crippen LogP contribution in [0, 0.1) is 0 Å². The first-order valence-electron chi connectivity index (χ1n) is 6.79. The van der Waals surface area contributed by atoms with Crippen molar-refractivity contribution < 1.29 is 19.1 Å². The highest BCUT2D eigenvalue weighted by molar-refractivity contribution is 5.77. The number of ether oxygens (including phenoxy) is 2. The van der Waals surface area contributed by atoms with E-state index in [1.807, 2.05) is 20.8 Å². The summed E-state index contributed by atoms with van der Waals surface area (Å²) in [4.78, 5) is 22.8. The van der Waals surface area contributed by atoms with Gasteiger partial charge in [-0.25, -0.2) is 4.79 Å². The maximum Gasteiger partial charge on any atom is 0.407 e. The molecule has 116 valence electrons. The summed E-state index contributed by atoms with van der Waals surface area (Å²) in [5.74, 6) is -0.345. The number of hydrogen-bond acceptors (Lipinski definition) is 5. The quantitative estimate of drug-likeness (QED) is 0.403. The van der Waals surface area contributed by atoms with E-state index in [1.165, 1.54) is 6.08 Å². The topological polar surface area (TPSA) is 76.7 Å². The van der Waals surface area contributed by atoms with E-state index >= 15 is 0 Å². The molecule has 0 spiro atoms. The van der Waals surface area contributed by atoms with Gasteiger partial charge in [-0.2, -0.15) is 0 Å². The van der Waals surface area contributed by atoms with Crippen molar-refractivity contribution in [2.24, 2.45) is 0 Å². The van der Waals surface area contributed by atoms with Gasteiger partial charge in [0.1, 0.15) is 11.6 Å². The first-order chi connectivity index (χ1) is 9.30. The average Bonchev–Trinajstić information content (AvgIpc) is 2.31. The first kappa shape index (κ1) is 18.4. The van der Waals surface area contributed by atoms with Crippen molar-refractivity contribution in [1.82, 2.24) is 10.6 Å². The van der Waals surface area contributed by atoms with Gasteiger partial charge in [-0.1, -0.05) is 6.08 Å². The maximum absolute atomic E-state index is 11.5. The second-order valence-electron chi connectivity index (χ2n) is 5.20. The van der Waals surface area contributed by atoms with Crippen LogP contribution in [0.5, 0.6) is 0 Å². The van der Waals surface area contributed by atoms with Crippen LogP contribution in [0.2, 0.25) is 0 Å². The highest BCUT2D eigenvalue weighted by atomic mass is 16.6. The largest absolute Gasteiger partial charge is 0.465 e. The van der Waals surface area contributed by atoms with Crippen molar-refractivity contribution in [3.63, 3.8) is 0 Å². The third kappa shape index (κ3) is 9.38. The molecule has 0 saturated carbocycles. The van der Waals surface area contributed by atoms with Gasteiger partial charge in [0, 0.05) is 6.54 Å². The van der Waals surface area contributed by atoms with Gasteiger partial charge >= 0.3 is 12.1 Å². The molecule has 0 aromatic rings. The number of alkyl carbamates (subject to hydrolysis) is 1. The van der Waals surface area contributed by atoms with Crippen LogP contribution < -0.4 is 10.6 Å². The molecule has 0 aromatic carbocycles. The number of rotatable bonds is 8. The molecular formula is C14H26N2O4. The Morgan fingerprint density at radius 3 is 2.45 bits per heavy atom. The SMILES string of the molecule is C=CC(NCCCNC(=O)OC(C)(C)C)C(=O)OCC. The Hall–Kier alpha value is -1.56. The van der Waals surface area contributed by atoms with Crippen LogP contribution in [0.25, 0.3) is 0 Å². The Labute approximate surface area is 120 Å². The van der Waals surface area contributed by atoms with Gasteiger partial charge in [-0.05, 0) is 40.7 Å². The lowest BCUT2D eigenvalue weighted by molar-refractivity contribution is -0.144. The minimum atomic E-state index is -0.517. The Morgan fingerprint density at radius 1 is 1.30 bits per heavy atom. The van der Waals surface area contributed by atoms with Crippen LogP contribution in [0.3, 0.4) is 0 Å². The van der Waals surface area contributed by atoms with Gasteiger partial charge in [0.15, 0.2) is 0 Å². The second kappa shape index (κ2) is 9.36. The van der Waals surface area contributed by atoms with E-state index in [4.69, 9.17) is 9.47 Å². The molecule has 0 heterocycles. The monoisotopic (exact) mass is 286 g/mol. The average molecular weight is 286 g/mol. The molecule has 0 aliphatic rings. The van der Waals surface area contributed by atoms with E-state index in [-0.39, 0.29) is 5.97 Å². The molecule has 0 aliphatic heterocycles. The van der Waals surface area contributed by atoms with Gasteiger partial charge in [-0.15, -0.1) is 6.58 Å². The minimum absolute atomic E-state index is 0.338. The molecular weight excluding hydrogens is 260 g/mol. The van der Waals surface area contributed by atoms with Crippen molar-refractivity contribution >= 4 is 12.1 Å². The summed E-state index contributed by atoms with van der Waals surface area (Å²) < 4.78 is 9.98. The van der Waals surface area contributed by atoms with Gasteiger partial charge in [0.05, 0.1) is 6.61 Å². The van der Waals surface area contributed by atoms with Crippen molar-refractivity contribution in [1.29, 1.82) is 0 Å². The smallest absolute Gasteiger partial charge is 0.407 e. The third-order valence-electron chi connectivity index (χ3n) is 2.16. The Balaban J connectivity index is 3.77. The maximum atomic E-state index is 11.5. The van der Waals surface area contributed by atoms with Crippen LogP contribution in [0.4, 0.5) is 4.79 Å². The summed E-state index contributed by atoms with van der Waals surface area (Å²) in [7, 11) is 0. The van der Waals surface area contributed by atoms with E-state index in [0.29, 0.717) is 26.1 Å². The molecule has 0 radical (unpaired) electrons. The van der Waals surface area contributed by atoms with E-state index < -0.39 is 17.7 Å². The van der Waals surface area contributed by atoms with Crippen LogP contribution in [-0.4, -0.2) is 43.4 Å². The van der Waals surface area contributed by atoms with Gasteiger partial charge in [0.25, 0.3) is 0 Å². The van der Waals surface area contributed by atoms with E-state index in [9.17, 15) is 9.59 Å². The second-order valence-corrected chi connectivity index (χ2v) is 5.20. The zero-order chi connectivity index (χ0) is 15.6. The molecule has 0 bridgehead atoms. The summed E-state index contributed by atoms with van der Waals surface area (Å²) in [6.07, 6.45) is 1.73. The summed E-state index contributed by atoms with van der Waals surface area (Å²) in [6.45, 7) is 12.1. The lowest BCUT2D eigenvalue weighted by Crippen LogP contribution is -2.38. The zero-order valence-corrected chi connectivity index (χ0v) is 12.8. The molecule has 1 atom stereocenters. The predicted octanol–water partition coefficient (Wildman–Crippen LogP) is 1.61. The molecule has 0 aromatic heterocycles. The van der Waals surface area contributed by atoms with Gasteiger partial charge in [0.2, 0.25) is 0 Å². The Bertz CT molecular complexity index is 324. The number of carbonyl (C=O) groups is 2.